The summed E-state index contributed by atoms with van der Waals surface area (Å²) in [6.45, 7) is 0.371. The number of nitrogens with one attached hydrogen (secondary N) is 2. The molecular formula is C24H20ClFN2O2S. The second kappa shape index (κ2) is 9.45. The van der Waals surface area contributed by atoms with Crippen LogP contribution in [0.2, 0.25) is 5.02 Å². The molecule has 1 aromatic heterocycles. The van der Waals surface area contributed by atoms with Gasteiger partial charge in [0.25, 0.3) is 5.91 Å². The first-order valence-corrected chi connectivity index (χ1v) is 11.0. The minimum Gasteiger partial charge on any atom is -0.497 e. The van der Waals surface area contributed by atoms with Gasteiger partial charge in [-0.1, -0.05) is 35.9 Å². The average molecular weight is 455 g/mol. The molecule has 0 atom stereocenters. The van der Waals surface area contributed by atoms with Crippen LogP contribution in [0.4, 0.5) is 4.39 Å². The molecule has 0 radical (unpaired) electrons. The van der Waals surface area contributed by atoms with Gasteiger partial charge in [0.05, 0.1) is 23.4 Å². The number of hydrogen-bond donors (Lipinski definition) is 2. The lowest BCUT2D eigenvalue weighted by molar-refractivity contribution is 0.0952. The number of thioether (sulfide) groups is 1. The van der Waals surface area contributed by atoms with Crippen molar-refractivity contribution in [1.29, 1.82) is 0 Å². The van der Waals surface area contributed by atoms with Crippen molar-refractivity contribution in [3.05, 3.63) is 83.1 Å². The Balaban J connectivity index is 1.51. The fourth-order valence-electron chi connectivity index (χ4n) is 3.35. The highest BCUT2D eigenvalue weighted by Gasteiger charge is 2.16. The number of aromatic amines is 1. The van der Waals surface area contributed by atoms with Crippen LogP contribution in [-0.2, 0) is 0 Å². The summed E-state index contributed by atoms with van der Waals surface area (Å²) in [4.78, 5) is 16.9. The van der Waals surface area contributed by atoms with Gasteiger partial charge in [-0.25, -0.2) is 4.39 Å². The maximum Gasteiger partial charge on any atom is 0.255 e. The molecule has 4 rings (SSSR count). The predicted molar refractivity (Wildman–Crippen MR) is 125 cm³/mol. The Morgan fingerprint density at radius 2 is 1.87 bits per heavy atom. The van der Waals surface area contributed by atoms with Crippen LogP contribution in [0.25, 0.3) is 22.2 Å². The summed E-state index contributed by atoms with van der Waals surface area (Å²) in [5.41, 5.74) is 2.97. The normalized spacial score (nSPS) is 10.9. The van der Waals surface area contributed by atoms with Crippen LogP contribution >= 0.6 is 23.4 Å². The van der Waals surface area contributed by atoms with E-state index in [2.05, 4.69) is 16.4 Å². The van der Waals surface area contributed by atoms with E-state index < -0.39 is 11.7 Å². The summed E-state index contributed by atoms with van der Waals surface area (Å²) in [6, 6.07) is 20.2. The molecule has 0 bridgehead atoms. The third-order valence-electron chi connectivity index (χ3n) is 4.86. The number of para-hydroxylation sites is 1. The van der Waals surface area contributed by atoms with E-state index in [1.807, 2.05) is 42.5 Å². The van der Waals surface area contributed by atoms with E-state index in [1.165, 1.54) is 18.2 Å². The van der Waals surface area contributed by atoms with Crippen molar-refractivity contribution in [2.45, 2.75) is 4.90 Å². The maximum atomic E-state index is 13.9. The first-order chi connectivity index (χ1) is 15.1. The topological polar surface area (TPSA) is 54.1 Å². The zero-order valence-corrected chi connectivity index (χ0v) is 18.3. The minimum atomic E-state index is -0.629. The Morgan fingerprint density at radius 1 is 1.10 bits per heavy atom. The molecular weight excluding hydrogens is 435 g/mol. The Kier molecular flexibility index (Phi) is 6.49. The monoisotopic (exact) mass is 454 g/mol. The van der Waals surface area contributed by atoms with Gasteiger partial charge in [-0.05, 0) is 48.0 Å². The molecule has 1 amide bonds. The number of aromatic nitrogens is 1. The van der Waals surface area contributed by atoms with Crippen LogP contribution < -0.4 is 10.1 Å². The third kappa shape index (κ3) is 4.55. The molecule has 0 fully saturated rings. The molecule has 0 aliphatic rings. The van der Waals surface area contributed by atoms with Crippen LogP contribution in [0.15, 0.2) is 71.6 Å². The van der Waals surface area contributed by atoms with Crippen LogP contribution in [0.5, 0.6) is 5.75 Å². The predicted octanol–water partition coefficient (Wildman–Crippen LogP) is 6.16. The molecule has 0 unspecified atom stereocenters. The molecule has 0 spiro atoms. The number of benzene rings is 3. The third-order valence-corrected chi connectivity index (χ3v) is 6.30. The largest absolute Gasteiger partial charge is 0.497 e. The fourth-order valence-corrected chi connectivity index (χ4v) is 4.65. The Labute approximate surface area is 188 Å². The quantitative estimate of drug-likeness (QED) is 0.260. The number of halogens is 2. The van der Waals surface area contributed by atoms with Crippen molar-refractivity contribution in [1.82, 2.24) is 10.3 Å². The molecule has 0 saturated carbocycles. The second-order valence-corrected chi connectivity index (χ2v) is 8.32. The van der Waals surface area contributed by atoms with E-state index in [9.17, 15) is 9.18 Å². The van der Waals surface area contributed by atoms with Gasteiger partial charge in [-0.2, -0.15) is 0 Å². The molecule has 158 valence electrons. The molecule has 4 aromatic rings. The number of fused-ring (bicyclic) bond motifs is 1. The lowest BCUT2D eigenvalue weighted by Gasteiger charge is -2.09. The molecule has 2 N–H and O–H groups in total. The summed E-state index contributed by atoms with van der Waals surface area (Å²) in [6.07, 6.45) is 0. The number of amides is 1. The summed E-state index contributed by atoms with van der Waals surface area (Å²) in [7, 11) is 1.64. The van der Waals surface area contributed by atoms with Crippen LogP contribution in [0.3, 0.4) is 0 Å². The van der Waals surface area contributed by atoms with Crippen molar-refractivity contribution in [2.75, 3.05) is 19.4 Å². The van der Waals surface area contributed by atoms with Gasteiger partial charge in [0.1, 0.15) is 11.6 Å². The first kappa shape index (κ1) is 21.3. The van der Waals surface area contributed by atoms with Crippen molar-refractivity contribution in [2.24, 2.45) is 0 Å². The molecule has 0 aliphatic carbocycles. The van der Waals surface area contributed by atoms with E-state index in [-0.39, 0.29) is 10.6 Å². The minimum absolute atomic E-state index is 0.101. The Hall–Kier alpha value is -2.96. The van der Waals surface area contributed by atoms with Gasteiger partial charge in [-0.3, -0.25) is 4.79 Å². The van der Waals surface area contributed by atoms with Crippen molar-refractivity contribution < 1.29 is 13.9 Å². The molecule has 4 nitrogen and oxygen atoms in total. The number of methoxy groups -OCH3 is 1. The lowest BCUT2D eigenvalue weighted by atomic mass is 10.1. The summed E-state index contributed by atoms with van der Waals surface area (Å²) >= 11 is 7.60. The van der Waals surface area contributed by atoms with Gasteiger partial charge in [0.15, 0.2) is 0 Å². The van der Waals surface area contributed by atoms with Crippen LogP contribution in [0.1, 0.15) is 10.4 Å². The van der Waals surface area contributed by atoms with Gasteiger partial charge in [0.2, 0.25) is 0 Å². The molecule has 3 aromatic carbocycles. The van der Waals surface area contributed by atoms with E-state index in [1.54, 1.807) is 18.9 Å². The van der Waals surface area contributed by atoms with Crippen molar-refractivity contribution in [3.8, 4) is 17.0 Å². The number of ether oxygens (including phenoxy) is 1. The summed E-state index contributed by atoms with van der Waals surface area (Å²) in [5, 5.41) is 3.97. The summed E-state index contributed by atoms with van der Waals surface area (Å²) < 4.78 is 19.2. The molecule has 1 heterocycles. The Morgan fingerprint density at radius 3 is 2.61 bits per heavy atom. The zero-order chi connectivity index (χ0) is 21.8. The number of carbonyl (C=O) groups is 1. The van der Waals surface area contributed by atoms with E-state index in [0.29, 0.717) is 12.3 Å². The Bertz CT molecular complexity index is 1200. The maximum absolute atomic E-state index is 13.9. The highest BCUT2D eigenvalue weighted by Crippen LogP contribution is 2.38. The summed E-state index contributed by atoms with van der Waals surface area (Å²) in [5.74, 6) is 0.265. The van der Waals surface area contributed by atoms with Gasteiger partial charge in [-0.15, -0.1) is 11.8 Å². The number of hydrogen-bond acceptors (Lipinski definition) is 3. The van der Waals surface area contributed by atoms with Gasteiger partial charge < -0.3 is 15.0 Å². The molecule has 7 heteroatoms. The van der Waals surface area contributed by atoms with Gasteiger partial charge >= 0.3 is 0 Å². The second-order valence-electron chi connectivity index (χ2n) is 6.80. The fraction of sp³-hybridized carbons (Fsp3) is 0.125. The highest BCUT2D eigenvalue weighted by molar-refractivity contribution is 7.99. The SMILES string of the molecule is COc1ccc(-c2[nH]c3ccccc3c2SCCNC(=O)c2c(F)cccc2Cl)cc1. The smallest absolute Gasteiger partial charge is 0.255 e. The molecule has 31 heavy (non-hydrogen) atoms. The van der Waals surface area contributed by atoms with E-state index in [0.717, 1.165) is 32.8 Å². The standard InChI is InChI=1S/C24H20ClFN2O2S/c1-30-16-11-9-15(10-12-16)22-23(17-5-2-3-8-20(17)28-22)31-14-13-27-24(29)21-18(25)6-4-7-19(21)26/h2-12,28H,13-14H2,1H3,(H,27,29). The van der Waals surface area contributed by atoms with Crippen molar-refractivity contribution >= 4 is 40.2 Å². The highest BCUT2D eigenvalue weighted by atomic mass is 35.5. The molecule has 0 saturated heterocycles. The first-order valence-electron chi connectivity index (χ1n) is 9.68. The number of H-pyrrole nitrogens is 1. The van der Waals surface area contributed by atoms with Crippen LogP contribution in [0, 0.1) is 5.82 Å². The van der Waals surface area contributed by atoms with Gasteiger partial charge in [0, 0.05) is 28.1 Å². The number of carbonyl (C=O) groups excluding carboxylic acids is 1. The zero-order valence-electron chi connectivity index (χ0n) is 16.7. The average Bonchev–Trinajstić information content (AvgIpc) is 3.15. The number of rotatable bonds is 7. The lowest BCUT2D eigenvalue weighted by Crippen LogP contribution is -2.26. The van der Waals surface area contributed by atoms with Crippen molar-refractivity contribution in [3.63, 3.8) is 0 Å². The van der Waals surface area contributed by atoms with E-state index in [4.69, 9.17) is 16.3 Å². The van der Waals surface area contributed by atoms with E-state index >= 15 is 0 Å². The molecule has 0 aliphatic heterocycles. The van der Waals surface area contributed by atoms with Crippen LogP contribution in [-0.4, -0.2) is 30.3 Å².